The number of aromatic carboxylic acids is 1. The molecule has 22 heavy (non-hydrogen) atoms. The van der Waals surface area contributed by atoms with Crippen molar-refractivity contribution in [2.75, 3.05) is 5.73 Å². The van der Waals surface area contributed by atoms with Crippen LogP contribution < -0.4 is 11.2 Å². The van der Waals surface area contributed by atoms with E-state index in [9.17, 15) is 9.59 Å². The number of carbonyl (C=O) groups is 1. The van der Waals surface area contributed by atoms with Crippen LogP contribution in [0.25, 0.3) is 11.0 Å². The zero-order valence-corrected chi connectivity index (χ0v) is 12.2. The molecular formula is C14H12N4O3S. The molecule has 0 atom stereocenters. The van der Waals surface area contributed by atoms with Gasteiger partial charge in [0.1, 0.15) is 10.5 Å². The maximum absolute atomic E-state index is 12.0. The molecule has 0 aliphatic heterocycles. The molecular weight excluding hydrogens is 304 g/mol. The van der Waals surface area contributed by atoms with Crippen molar-refractivity contribution >= 4 is 34.3 Å². The van der Waals surface area contributed by atoms with Crippen molar-refractivity contribution in [1.29, 1.82) is 0 Å². The van der Waals surface area contributed by atoms with Gasteiger partial charge in [0.05, 0.1) is 5.39 Å². The number of nitrogens with two attached hydrogens (primary N) is 1. The van der Waals surface area contributed by atoms with E-state index in [4.69, 9.17) is 10.8 Å². The van der Waals surface area contributed by atoms with E-state index in [-0.39, 0.29) is 11.4 Å². The third kappa shape index (κ3) is 2.82. The van der Waals surface area contributed by atoms with Crippen LogP contribution >= 0.6 is 11.3 Å². The number of fused-ring (bicyclic) bond motifs is 1. The Hall–Kier alpha value is -2.74. The summed E-state index contributed by atoms with van der Waals surface area (Å²) >= 11 is 1.23. The molecule has 0 radical (unpaired) electrons. The fraction of sp³-hybridized carbons (Fsp3) is 0.143. The van der Waals surface area contributed by atoms with Gasteiger partial charge in [-0.05, 0) is 25.0 Å². The van der Waals surface area contributed by atoms with Gasteiger partial charge in [-0.25, -0.2) is 9.78 Å². The Morgan fingerprint density at radius 1 is 1.36 bits per heavy atom. The number of aromatic amines is 1. The number of nitrogen functional groups attached to an aromatic ring is 1. The third-order valence-corrected chi connectivity index (χ3v) is 4.30. The Balaban J connectivity index is 1.84. The Morgan fingerprint density at radius 3 is 2.91 bits per heavy atom. The van der Waals surface area contributed by atoms with Crippen LogP contribution in [0.4, 0.5) is 5.95 Å². The van der Waals surface area contributed by atoms with E-state index >= 15 is 0 Å². The Bertz CT molecular complexity index is 916. The molecule has 3 aromatic heterocycles. The fourth-order valence-electron chi connectivity index (χ4n) is 2.11. The molecule has 0 aliphatic carbocycles. The van der Waals surface area contributed by atoms with Gasteiger partial charge in [-0.15, -0.1) is 11.3 Å². The van der Waals surface area contributed by atoms with Crippen molar-refractivity contribution in [1.82, 2.24) is 15.0 Å². The first kappa shape index (κ1) is 14.2. The van der Waals surface area contributed by atoms with E-state index in [0.717, 1.165) is 10.6 Å². The normalized spacial score (nSPS) is 10.9. The van der Waals surface area contributed by atoms with Crippen LogP contribution in [0.3, 0.4) is 0 Å². The van der Waals surface area contributed by atoms with Gasteiger partial charge in [-0.3, -0.25) is 4.79 Å². The summed E-state index contributed by atoms with van der Waals surface area (Å²) in [5.41, 5.74) is 6.49. The van der Waals surface area contributed by atoms with Gasteiger partial charge >= 0.3 is 5.97 Å². The molecule has 3 aromatic rings. The largest absolute Gasteiger partial charge is 0.477 e. The Labute approximate surface area is 128 Å². The number of thiophene rings is 1. The first-order chi connectivity index (χ1) is 10.5. The highest BCUT2D eigenvalue weighted by Gasteiger charge is 2.08. The van der Waals surface area contributed by atoms with Gasteiger partial charge < -0.3 is 15.8 Å². The standard InChI is InChI=1S/C14H12N4O3S/c15-14-16-6-9-10(19)5-7(17-12(9)18-14)1-2-8-3-4-11(22-8)13(20)21/h3-6H,1-2H2,(H,20,21)(H3,15,16,17,18,19). The zero-order chi connectivity index (χ0) is 15.7. The highest BCUT2D eigenvalue weighted by atomic mass is 32.1. The molecule has 0 unspecified atom stereocenters. The van der Waals surface area contributed by atoms with Crippen molar-refractivity contribution in [3.8, 4) is 0 Å². The van der Waals surface area contributed by atoms with Crippen molar-refractivity contribution in [3.63, 3.8) is 0 Å². The smallest absolute Gasteiger partial charge is 0.345 e. The zero-order valence-electron chi connectivity index (χ0n) is 11.4. The number of carboxylic acids is 1. The van der Waals surface area contributed by atoms with Crippen molar-refractivity contribution in [3.05, 3.63) is 50.1 Å². The fourth-order valence-corrected chi connectivity index (χ4v) is 2.96. The molecule has 0 aliphatic rings. The van der Waals surface area contributed by atoms with E-state index in [2.05, 4.69) is 15.0 Å². The molecule has 4 N–H and O–H groups in total. The van der Waals surface area contributed by atoms with Crippen LogP contribution in [0.1, 0.15) is 20.2 Å². The van der Waals surface area contributed by atoms with Crippen molar-refractivity contribution < 1.29 is 9.90 Å². The summed E-state index contributed by atoms with van der Waals surface area (Å²) in [7, 11) is 0. The molecule has 0 fully saturated rings. The summed E-state index contributed by atoms with van der Waals surface area (Å²) in [4.78, 5) is 35.0. The highest BCUT2D eigenvalue weighted by molar-refractivity contribution is 7.13. The summed E-state index contributed by atoms with van der Waals surface area (Å²) in [5.74, 6) is -0.827. The minimum Gasteiger partial charge on any atom is -0.477 e. The molecule has 0 spiro atoms. The maximum atomic E-state index is 12.0. The van der Waals surface area contributed by atoms with Gasteiger partial charge in [0.15, 0.2) is 5.43 Å². The maximum Gasteiger partial charge on any atom is 0.345 e. The van der Waals surface area contributed by atoms with Crippen molar-refractivity contribution in [2.45, 2.75) is 12.8 Å². The van der Waals surface area contributed by atoms with Crippen LogP contribution in [0.2, 0.25) is 0 Å². The van der Waals surface area contributed by atoms with Crippen LogP contribution in [-0.2, 0) is 12.8 Å². The minimum absolute atomic E-state index is 0.102. The van der Waals surface area contributed by atoms with E-state index in [1.165, 1.54) is 23.6 Å². The third-order valence-electron chi connectivity index (χ3n) is 3.17. The lowest BCUT2D eigenvalue weighted by atomic mass is 10.2. The van der Waals surface area contributed by atoms with Crippen molar-refractivity contribution in [2.24, 2.45) is 0 Å². The predicted molar refractivity (Wildman–Crippen MR) is 83.3 cm³/mol. The summed E-state index contributed by atoms with van der Waals surface area (Å²) < 4.78 is 0. The topological polar surface area (TPSA) is 122 Å². The van der Waals surface area contributed by atoms with Crippen LogP contribution in [0.5, 0.6) is 0 Å². The number of rotatable bonds is 4. The van der Waals surface area contributed by atoms with Gasteiger partial charge in [-0.1, -0.05) is 0 Å². The molecule has 0 saturated carbocycles. The average molecular weight is 316 g/mol. The van der Waals surface area contributed by atoms with Gasteiger partial charge in [-0.2, -0.15) is 4.98 Å². The molecule has 0 amide bonds. The number of pyridine rings is 1. The number of hydrogen-bond donors (Lipinski definition) is 3. The first-order valence-corrected chi connectivity index (χ1v) is 7.31. The molecule has 3 heterocycles. The number of hydrogen-bond acceptors (Lipinski definition) is 6. The van der Waals surface area contributed by atoms with Crippen LogP contribution in [-0.4, -0.2) is 26.0 Å². The van der Waals surface area contributed by atoms with E-state index in [0.29, 0.717) is 28.8 Å². The summed E-state index contributed by atoms with van der Waals surface area (Å²) in [6.07, 6.45) is 2.62. The summed E-state index contributed by atoms with van der Waals surface area (Å²) in [6, 6.07) is 4.88. The lowest BCUT2D eigenvalue weighted by molar-refractivity contribution is 0.0702. The monoisotopic (exact) mass is 316 g/mol. The molecule has 112 valence electrons. The second kappa shape index (κ2) is 5.57. The SMILES string of the molecule is Nc1ncc2c(=O)cc(CCc3ccc(C(=O)O)s3)[nH]c2n1. The Morgan fingerprint density at radius 2 is 2.18 bits per heavy atom. The Kier molecular flexibility index (Phi) is 3.60. The van der Waals surface area contributed by atoms with E-state index in [1.807, 2.05) is 0 Å². The number of H-pyrrole nitrogens is 1. The second-order valence-electron chi connectivity index (χ2n) is 4.72. The molecule has 0 aromatic carbocycles. The predicted octanol–water partition coefficient (Wildman–Crippen LogP) is 1.45. The summed E-state index contributed by atoms with van der Waals surface area (Å²) in [5, 5.41) is 9.29. The lowest BCUT2D eigenvalue weighted by Crippen LogP contribution is -2.09. The van der Waals surface area contributed by atoms with E-state index in [1.54, 1.807) is 12.1 Å². The second-order valence-corrected chi connectivity index (χ2v) is 5.89. The molecule has 0 bridgehead atoms. The molecule has 7 nitrogen and oxygen atoms in total. The number of carboxylic acid groups (broad SMARTS) is 1. The summed E-state index contributed by atoms with van der Waals surface area (Å²) in [6.45, 7) is 0. The number of aromatic nitrogens is 3. The average Bonchev–Trinajstić information content (AvgIpc) is 2.93. The highest BCUT2D eigenvalue weighted by Crippen LogP contribution is 2.18. The minimum atomic E-state index is -0.928. The quantitative estimate of drug-likeness (QED) is 0.669. The van der Waals surface area contributed by atoms with Gasteiger partial charge in [0.25, 0.3) is 0 Å². The molecule has 8 heteroatoms. The van der Waals surface area contributed by atoms with Gasteiger partial charge in [0.2, 0.25) is 5.95 Å². The van der Waals surface area contributed by atoms with Gasteiger partial charge in [0, 0.05) is 22.8 Å². The van der Waals surface area contributed by atoms with E-state index < -0.39 is 5.97 Å². The van der Waals surface area contributed by atoms with Crippen LogP contribution in [0.15, 0.2) is 29.2 Å². The lowest BCUT2D eigenvalue weighted by Gasteiger charge is -2.03. The molecule has 3 rings (SSSR count). The number of nitrogens with one attached hydrogen (secondary N) is 1. The number of aryl methyl sites for hydroxylation is 2. The number of nitrogens with zero attached hydrogens (tertiary/aromatic N) is 2. The first-order valence-electron chi connectivity index (χ1n) is 6.49. The molecule has 0 saturated heterocycles. The number of anilines is 1. The van der Waals surface area contributed by atoms with Crippen LogP contribution in [0, 0.1) is 0 Å².